The summed E-state index contributed by atoms with van der Waals surface area (Å²) in [6.07, 6.45) is 0. The minimum atomic E-state index is -0.160. The molecule has 9 aromatic rings. The Morgan fingerprint density at radius 2 is 0.610 bits per heavy atom. The third-order valence-electron chi connectivity index (χ3n) is 29.5. The van der Waals surface area contributed by atoms with E-state index >= 15 is 0 Å². The van der Waals surface area contributed by atoms with Crippen LogP contribution in [0.15, 0.2) is 26.7 Å². The van der Waals surface area contributed by atoms with Crippen molar-refractivity contribution in [3.8, 4) is 0 Å². The highest BCUT2D eigenvalue weighted by Crippen LogP contribution is 2.42. The van der Waals surface area contributed by atoms with Crippen LogP contribution in [0.3, 0.4) is 0 Å². The van der Waals surface area contributed by atoms with Crippen molar-refractivity contribution < 1.29 is 26.7 Å². The summed E-state index contributed by atoms with van der Waals surface area (Å²) in [4.78, 5) is 52.1. The van der Waals surface area contributed by atoms with E-state index in [1.54, 1.807) is 11.3 Å². The zero-order chi connectivity index (χ0) is 107. The summed E-state index contributed by atoms with van der Waals surface area (Å²) < 4.78 is 33.3. The van der Waals surface area contributed by atoms with Gasteiger partial charge in [-0.3, -0.25) is 44.1 Å². The molecule has 780 valence electrons. The Morgan fingerprint density at radius 3 is 0.919 bits per heavy atom. The molecule has 0 saturated carbocycles. The monoisotopic (exact) mass is 1950 g/mol. The highest BCUT2D eigenvalue weighted by molar-refractivity contribution is 7.12. The maximum Gasteiger partial charge on any atom is 0.214 e. The number of hydrogen-bond acceptors (Lipinski definition) is 26. The van der Waals surface area contributed by atoms with Crippen molar-refractivity contribution >= 4 is 34.0 Å². The molecule has 0 aliphatic rings. The van der Waals surface area contributed by atoms with Crippen LogP contribution in [0.25, 0.3) is 0 Å². The van der Waals surface area contributed by atoms with Crippen molar-refractivity contribution in [2.75, 3.05) is 63.4 Å². The molecule has 23 nitrogen and oxygen atoms in total. The molecule has 0 saturated heterocycles. The number of oxazole rings is 3. The smallest absolute Gasteiger partial charge is 0.214 e. The molecule has 0 radical (unpaired) electrons. The number of aryl methyl sites for hydroxylation is 16. The number of aromatic nitrogens is 8. The summed E-state index contributed by atoms with van der Waals surface area (Å²) >= 11 is 5.42. The first-order valence-electron chi connectivity index (χ1n) is 49.5. The molecule has 26 heteroatoms. The molecule has 9 aromatic heterocycles. The van der Waals surface area contributed by atoms with Gasteiger partial charge in [0.25, 0.3) is 0 Å². The number of rotatable bonds is 27. The van der Waals surface area contributed by atoms with Crippen LogP contribution in [-0.4, -0.2) is 202 Å². The Morgan fingerprint density at radius 1 is 0.235 bits per heavy atom. The predicted octanol–water partition coefficient (Wildman–Crippen LogP) is 28.1. The van der Waals surface area contributed by atoms with Crippen LogP contribution in [0.5, 0.6) is 0 Å². The molecular weight excluding hydrogens is 1750 g/mol. The average Bonchev–Trinajstić information content (AvgIpc) is 1.62. The van der Waals surface area contributed by atoms with Gasteiger partial charge in [0, 0.05) is 105 Å². The van der Waals surface area contributed by atoms with Crippen molar-refractivity contribution in [3.05, 3.63) is 155 Å². The Balaban J connectivity index is 0.000000765. The van der Waals surface area contributed by atoms with Crippen LogP contribution >= 0.6 is 34.0 Å². The van der Waals surface area contributed by atoms with Crippen molar-refractivity contribution in [2.45, 2.75) is 485 Å². The van der Waals surface area contributed by atoms with Crippen molar-refractivity contribution in [3.63, 3.8) is 0 Å². The van der Waals surface area contributed by atoms with Crippen LogP contribution in [0.4, 0.5) is 0 Å². The molecule has 9 heterocycles. The lowest BCUT2D eigenvalue weighted by Crippen LogP contribution is -2.43. The van der Waals surface area contributed by atoms with Crippen molar-refractivity contribution in [2.24, 2.45) is 0 Å². The first-order chi connectivity index (χ1) is 61.3. The number of nitrogens with zero attached hydrogens (tertiary/aromatic N) is 17. The molecule has 0 atom stereocenters. The molecular formula is C110H201N17O6S3. The Hall–Kier alpha value is -6.14. The molecule has 0 aliphatic carbocycles. The molecule has 0 aromatic carbocycles. The number of hydrogen-bond donors (Lipinski definition) is 0. The van der Waals surface area contributed by atoms with Crippen LogP contribution in [-0.2, 0) is 49.9 Å². The normalized spacial score (nSPS) is 12.9. The average molecular weight is 1950 g/mol. The van der Waals surface area contributed by atoms with Crippen LogP contribution in [0, 0.1) is 132 Å². The van der Waals surface area contributed by atoms with Gasteiger partial charge in [-0.25, -0.2) is 29.9 Å². The molecule has 0 fully saturated rings. The van der Waals surface area contributed by atoms with Gasteiger partial charge in [-0.1, -0.05) is 10.3 Å². The van der Waals surface area contributed by atoms with E-state index in [-0.39, 0.29) is 49.9 Å². The van der Waals surface area contributed by atoms with Gasteiger partial charge >= 0.3 is 0 Å². The van der Waals surface area contributed by atoms with E-state index in [0.29, 0.717) is 54.4 Å². The quantitative estimate of drug-likeness (QED) is 0.0468. The largest absolute Gasteiger partial charge is 0.466 e. The van der Waals surface area contributed by atoms with Crippen LogP contribution in [0.2, 0.25) is 0 Å². The maximum atomic E-state index is 5.73. The molecule has 0 spiro atoms. The van der Waals surface area contributed by atoms with Gasteiger partial charge < -0.3 is 26.7 Å². The third-order valence-corrected chi connectivity index (χ3v) is 33.2. The predicted molar refractivity (Wildman–Crippen MR) is 581 cm³/mol. The van der Waals surface area contributed by atoms with E-state index in [9.17, 15) is 0 Å². The lowest BCUT2D eigenvalue weighted by molar-refractivity contribution is 0.0877. The molecule has 0 amide bonds. The highest BCUT2D eigenvalue weighted by Gasteiger charge is 2.41. The molecule has 0 unspecified atom stereocenters. The minimum Gasteiger partial charge on any atom is -0.466 e. The van der Waals surface area contributed by atoms with E-state index in [1.807, 2.05) is 85.0 Å². The van der Waals surface area contributed by atoms with E-state index in [4.69, 9.17) is 26.7 Å². The summed E-state index contributed by atoms with van der Waals surface area (Å²) in [5.41, 5.74) is 13.1. The first-order valence-corrected chi connectivity index (χ1v) is 52.0. The van der Waals surface area contributed by atoms with Gasteiger partial charge in [-0.15, -0.1) is 34.0 Å². The summed E-state index contributed by atoms with van der Waals surface area (Å²) in [7, 11) is 19.2. The fourth-order valence-corrected chi connectivity index (χ4v) is 19.9. The van der Waals surface area contributed by atoms with Crippen molar-refractivity contribution in [1.29, 1.82) is 0 Å². The number of thiazole rings is 3. The van der Waals surface area contributed by atoms with E-state index in [1.165, 1.54) is 47.8 Å². The summed E-state index contributed by atoms with van der Waals surface area (Å²) in [6.45, 7) is 118. The Kier molecular flexibility index (Phi) is 48.1. The van der Waals surface area contributed by atoms with Gasteiger partial charge in [0.05, 0.1) is 88.5 Å². The summed E-state index contributed by atoms with van der Waals surface area (Å²) in [6, 6.07) is 4.51. The van der Waals surface area contributed by atoms with Gasteiger partial charge in [0.2, 0.25) is 5.89 Å². The van der Waals surface area contributed by atoms with E-state index in [2.05, 4.69) is 466 Å². The second-order valence-electron chi connectivity index (χ2n) is 44.9. The van der Waals surface area contributed by atoms with Gasteiger partial charge in [0.15, 0.2) is 17.5 Å². The van der Waals surface area contributed by atoms with Crippen molar-refractivity contribution in [1.82, 2.24) is 84.3 Å². The van der Waals surface area contributed by atoms with E-state index < -0.39 is 0 Å². The first kappa shape index (κ1) is 128. The fraction of sp³-hybridized carbons (Fsp3) is 0.745. The van der Waals surface area contributed by atoms with Crippen LogP contribution < -0.4 is 0 Å². The summed E-state index contributed by atoms with van der Waals surface area (Å²) in [5, 5.41) is 11.7. The lowest BCUT2D eigenvalue weighted by atomic mass is 9.88. The fourth-order valence-electron chi connectivity index (χ4n) is 16.8. The zero-order valence-corrected chi connectivity index (χ0v) is 101. The Bertz CT molecular complexity index is 4550. The topological polar surface area (TPSA) is 211 Å². The SMILES string of the molecule is Cc1nc(C(C)(C)N(C)C(C)C)c(C)o1.Cc1nc(C(C)(C)N(C)C(C)C)c(C)s1.Cc1nc(C(C)(C)N(C)C(C)C)oc1C.Cc1nc(C(C)(C)N(C)C(C)C)sc1C.Cc1nc(C)c(C(C)(C)N(C)C(C)C)o1.Cc1nc(C)c(C(C)(C)N(C)C(C)C)s1.Cc1noc(C(C)(C)N(C)C(C)C)c1C.Cc1oc(C)c(C(C)(C)N(C)C(C)C)c1C.Cc1onc(C(C)(C)N(C)C(C)C)c1C. The Labute approximate surface area is 843 Å². The van der Waals surface area contributed by atoms with E-state index in [0.717, 1.165) is 108 Å². The van der Waals surface area contributed by atoms with Gasteiger partial charge in [-0.05, 0) is 436 Å². The molecule has 136 heavy (non-hydrogen) atoms. The standard InChI is InChI=1S/C14H25NO.5C12H22N2O.3C12H22N2S/c1-9(2)15(8)14(6,7)13-10(3)11(4)16-12(13)5;1-8(2)14(7)12(5,6)11-9(3)15-10(4)13-11;1-8(2)14(7)12(5,6)11-9(3)13-10(4)15-11;1-8(2)14(7)12(5,6)11-13-9(3)10(4)15-11;1-8(2)14(7)12(5,6)11-9(3)10(4)15-13-11;1-8(2)14(7)12(5,6)11-9(3)10(4)13-15-11;1-8(2)14(7)12(5,6)11-9(3)15-10(4)13-11;1-8(2)14(7)12(5,6)11-9(3)13-10(4)15-11;1-8(2)14(7)12(5,6)11-13-9(3)10(4)15-11/h9H,1-8H3;8*8H,1-7H3. The minimum absolute atomic E-state index is 0.0140. The van der Waals surface area contributed by atoms with Gasteiger partial charge in [-0.2, -0.15) is 0 Å². The zero-order valence-electron chi connectivity index (χ0n) is 99.0. The highest BCUT2D eigenvalue weighted by atomic mass is 32.1. The second kappa shape index (κ2) is 51.2. The lowest BCUT2D eigenvalue weighted by Gasteiger charge is -2.39. The van der Waals surface area contributed by atoms with Crippen LogP contribution in [0.1, 0.15) is 405 Å². The summed E-state index contributed by atoms with van der Waals surface area (Å²) in [5.74, 6) is 9.06. The second-order valence-corrected chi connectivity index (χ2v) is 48.7. The molecule has 0 bridgehead atoms. The van der Waals surface area contributed by atoms with Gasteiger partial charge in [0.1, 0.15) is 51.0 Å². The molecule has 0 N–H and O–H groups in total. The number of furan rings is 1. The maximum absolute atomic E-state index is 5.73. The third kappa shape index (κ3) is 32.4. The molecule has 9 rings (SSSR count). The molecule has 0 aliphatic heterocycles.